The lowest BCUT2D eigenvalue weighted by atomic mass is 9.93. The van der Waals surface area contributed by atoms with Crippen LogP contribution in [0.3, 0.4) is 0 Å². The van der Waals surface area contributed by atoms with Gasteiger partial charge in [-0.25, -0.2) is 0 Å². The Morgan fingerprint density at radius 3 is 2.62 bits per heavy atom. The van der Waals surface area contributed by atoms with Crippen molar-refractivity contribution in [3.63, 3.8) is 0 Å². The molecule has 0 aromatic heterocycles. The van der Waals surface area contributed by atoms with Gasteiger partial charge >= 0.3 is 0 Å². The smallest absolute Gasteiger partial charge is 0.119 e. The number of nitrogens with two attached hydrogens (primary N) is 1. The SMILES string of the molecule is COCc1cc(OC)ccc1C(C)CCN. The monoisotopic (exact) mass is 223 g/mol. The number of methoxy groups -OCH3 is 2. The minimum atomic E-state index is 0.459. The van der Waals surface area contributed by atoms with Crippen molar-refractivity contribution in [1.29, 1.82) is 0 Å². The van der Waals surface area contributed by atoms with Gasteiger partial charge in [0.05, 0.1) is 13.7 Å². The fourth-order valence-electron chi connectivity index (χ4n) is 1.88. The molecule has 3 nitrogen and oxygen atoms in total. The highest BCUT2D eigenvalue weighted by Crippen LogP contribution is 2.26. The lowest BCUT2D eigenvalue weighted by molar-refractivity contribution is 0.183. The molecule has 0 saturated heterocycles. The topological polar surface area (TPSA) is 44.5 Å². The third-order valence-electron chi connectivity index (χ3n) is 2.78. The second-order valence-corrected chi connectivity index (χ2v) is 3.98. The van der Waals surface area contributed by atoms with Gasteiger partial charge in [0.1, 0.15) is 5.75 Å². The Labute approximate surface area is 97.6 Å². The van der Waals surface area contributed by atoms with E-state index in [0.29, 0.717) is 19.1 Å². The number of ether oxygens (including phenoxy) is 2. The van der Waals surface area contributed by atoms with E-state index >= 15 is 0 Å². The summed E-state index contributed by atoms with van der Waals surface area (Å²) in [6.07, 6.45) is 0.989. The van der Waals surface area contributed by atoms with Crippen LogP contribution in [0, 0.1) is 0 Å². The van der Waals surface area contributed by atoms with Crippen molar-refractivity contribution in [2.24, 2.45) is 5.73 Å². The molecule has 1 aromatic rings. The van der Waals surface area contributed by atoms with Crippen molar-refractivity contribution < 1.29 is 9.47 Å². The fourth-order valence-corrected chi connectivity index (χ4v) is 1.88. The maximum atomic E-state index is 5.59. The molecule has 0 bridgehead atoms. The molecule has 0 aliphatic heterocycles. The molecule has 0 saturated carbocycles. The van der Waals surface area contributed by atoms with E-state index in [-0.39, 0.29) is 0 Å². The van der Waals surface area contributed by atoms with Gasteiger partial charge in [0.25, 0.3) is 0 Å². The Kier molecular flexibility index (Phi) is 5.29. The first-order valence-electron chi connectivity index (χ1n) is 5.58. The molecule has 0 heterocycles. The second kappa shape index (κ2) is 6.51. The van der Waals surface area contributed by atoms with E-state index in [9.17, 15) is 0 Å². The van der Waals surface area contributed by atoms with Crippen molar-refractivity contribution >= 4 is 0 Å². The van der Waals surface area contributed by atoms with Crippen molar-refractivity contribution in [3.8, 4) is 5.75 Å². The molecule has 1 unspecified atom stereocenters. The van der Waals surface area contributed by atoms with Crippen LogP contribution >= 0.6 is 0 Å². The molecule has 1 rings (SSSR count). The molecule has 0 aliphatic carbocycles. The van der Waals surface area contributed by atoms with Gasteiger partial charge in [-0.3, -0.25) is 0 Å². The Hall–Kier alpha value is -1.06. The molecule has 1 aromatic carbocycles. The van der Waals surface area contributed by atoms with Crippen LogP contribution in [0.4, 0.5) is 0 Å². The quantitative estimate of drug-likeness (QED) is 0.804. The molecule has 16 heavy (non-hydrogen) atoms. The highest BCUT2D eigenvalue weighted by molar-refractivity contribution is 5.37. The molecule has 90 valence electrons. The summed E-state index contributed by atoms with van der Waals surface area (Å²) in [6.45, 7) is 3.51. The van der Waals surface area contributed by atoms with Crippen LogP contribution in [-0.4, -0.2) is 20.8 Å². The normalized spacial score (nSPS) is 12.5. The average molecular weight is 223 g/mol. The molecular weight excluding hydrogens is 202 g/mol. The van der Waals surface area contributed by atoms with Gasteiger partial charge in [0, 0.05) is 7.11 Å². The van der Waals surface area contributed by atoms with Crippen LogP contribution < -0.4 is 10.5 Å². The van der Waals surface area contributed by atoms with Crippen molar-refractivity contribution in [1.82, 2.24) is 0 Å². The van der Waals surface area contributed by atoms with Crippen LogP contribution in [0.2, 0.25) is 0 Å². The zero-order chi connectivity index (χ0) is 12.0. The first kappa shape index (κ1) is 13.0. The highest BCUT2D eigenvalue weighted by Gasteiger charge is 2.10. The molecule has 0 aliphatic rings. The standard InChI is InChI=1S/C13H21NO2/c1-10(6-7-14)13-5-4-12(16-3)8-11(13)9-15-2/h4-5,8,10H,6-7,9,14H2,1-3H3. The van der Waals surface area contributed by atoms with Gasteiger partial charge in [-0.05, 0) is 42.1 Å². The summed E-state index contributed by atoms with van der Waals surface area (Å²) in [4.78, 5) is 0. The minimum absolute atomic E-state index is 0.459. The van der Waals surface area contributed by atoms with Gasteiger partial charge < -0.3 is 15.2 Å². The number of benzene rings is 1. The molecule has 0 radical (unpaired) electrons. The summed E-state index contributed by atoms with van der Waals surface area (Å²) in [5.41, 5.74) is 8.07. The van der Waals surface area contributed by atoms with E-state index in [2.05, 4.69) is 13.0 Å². The van der Waals surface area contributed by atoms with Crippen molar-refractivity contribution in [2.75, 3.05) is 20.8 Å². The predicted octanol–water partition coefficient (Wildman–Crippen LogP) is 2.29. The lowest BCUT2D eigenvalue weighted by Crippen LogP contribution is -2.07. The van der Waals surface area contributed by atoms with Crippen LogP contribution in [0.1, 0.15) is 30.4 Å². The molecule has 1 atom stereocenters. The Balaban J connectivity index is 2.97. The lowest BCUT2D eigenvalue weighted by Gasteiger charge is -2.16. The first-order valence-corrected chi connectivity index (χ1v) is 5.58. The molecular formula is C13H21NO2. The molecule has 0 spiro atoms. The maximum Gasteiger partial charge on any atom is 0.119 e. The zero-order valence-electron chi connectivity index (χ0n) is 10.3. The second-order valence-electron chi connectivity index (χ2n) is 3.98. The summed E-state index contributed by atoms with van der Waals surface area (Å²) in [7, 11) is 3.38. The molecule has 2 N–H and O–H groups in total. The molecule has 3 heteroatoms. The summed E-state index contributed by atoms with van der Waals surface area (Å²) < 4.78 is 10.4. The maximum absolute atomic E-state index is 5.59. The van der Waals surface area contributed by atoms with E-state index in [0.717, 1.165) is 12.2 Å². The van der Waals surface area contributed by atoms with E-state index in [1.165, 1.54) is 11.1 Å². The Bertz CT molecular complexity index is 326. The van der Waals surface area contributed by atoms with Crippen molar-refractivity contribution in [3.05, 3.63) is 29.3 Å². The largest absolute Gasteiger partial charge is 0.497 e. The highest BCUT2D eigenvalue weighted by atomic mass is 16.5. The summed E-state index contributed by atoms with van der Waals surface area (Å²) in [5.74, 6) is 1.33. The third kappa shape index (κ3) is 3.22. The number of rotatable bonds is 6. The average Bonchev–Trinajstić information content (AvgIpc) is 2.29. The van der Waals surface area contributed by atoms with E-state index < -0.39 is 0 Å². The number of hydrogen-bond acceptors (Lipinski definition) is 3. The van der Waals surface area contributed by atoms with Crippen LogP contribution in [0.25, 0.3) is 0 Å². The molecule has 0 amide bonds. The van der Waals surface area contributed by atoms with Gasteiger partial charge in [-0.15, -0.1) is 0 Å². The predicted molar refractivity (Wildman–Crippen MR) is 65.8 cm³/mol. The summed E-state index contributed by atoms with van der Waals surface area (Å²) >= 11 is 0. The Morgan fingerprint density at radius 2 is 2.06 bits per heavy atom. The van der Waals surface area contributed by atoms with Gasteiger partial charge in [-0.2, -0.15) is 0 Å². The first-order chi connectivity index (χ1) is 7.72. The van der Waals surface area contributed by atoms with Crippen molar-refractivity contribution in [2.45, 2.75) is 25.9 Å². The van der Waals surface area contributed by atoms with E-state index in [1.54, 1.807) is 14.2 Å². The summed E-state index contributed by atoms with van der Waals surface area (Å²) in [6, 6.07) is 6.13. The van der Waals surface area contributed by atoms with Crippen LogP contribution in [-0.2, 0) is 11.3 Å². The summed E-state index contributed by atoms with van der Waals surface area (Å²) in [5, 5.41) is 0. The minimum Gasteiger partial charge on any atom is -0.497 e. The van der Waals surface area contributed by atoms with E-state index in [4.69, 9.17) is 15.2 Å². The van der Waals surface area contributed by atoms with Gasteiger partial charge in [-0.1, -0.05) is 13.0 Å². The fraction of sp³-hybridized carbons (Fsp3) is 0.538. The van der Waals surface area contributed by atoms with Gasteiger partial charge in [0.2, 0.25) is 0 Å². The number of hydrogen-bond donors (Lipinski definition) is 1. The Morgan fingerprint density at radius 1 is 1.31 bits per heavy atom. The van der Waals surface area contributed by atoms with E-state index in [1.807, 2.05) is 12.1 Å². The van der Waals surface area contributed by atoms with Crippen LogP contribution in [0.5, 0.6) is 5.75 Å². The van der Waals surface area contributed by atoms with Crippen LogP contribution in [0.15, 0.2) is 18.2 Å². The van der Waals surface area contributed by atoms with Gasteiger partial charge in [0.15, 0.2) is 0 Å². The zero-order valence-corrected chi connectivity index (χ0v) is 10.3. The third-order valence-corrected chi connectivity index (χ3v) is 2.78. The molecule has 0 fully saturated rings.